The number of carbonyl (C=O) groups excluding carboxylic acids is 2. The zero-order valence-electron chi connectivity index (χ0n) is 12.3. The second kappa shape index (κ2) is 5.90. The van der Waals surface area contributed by atoms with Crippen LogP contribution in [0.5, 0.6) is 0 Å². The molecule has 0 amide bonds. The van der Waals surface area contributed by atoms with Crippen molar-refractivity contribution in [2.24, 2.45) is 5.73 Å². The number of ether oxygens (including phenoxy) is 2. The number of nitrogens with two attached hydrogens (primary N) is 1. The van der Waals surface area contributed by atoms with Crippen molar-refractivity contribution in [2.45, 2.75) is 77.0 Å². The molecule has 1 aliphatic carbocycles. The summed E-state index contributed by atoms with van der Waals surface area (Å²) in [7, 11) is 0. The Morgan fingerprint density at radius 2 is 1.68 bits per heavy atom. The van der Waals surface area contributed by atoms with Crippen LogP contribution in [0.25, 0.3) is 0 Å². The summed E-state index contributed by atoms with van der Waals surface area (Å²) in [6.45, 7) is 6.95. The lowest BCUT2D eigenvalue weighted by atomic mass is 9.84. The van der Waals surface area contributed by atoms with E-state index in [0.29, 0.717) is 12.8 Å². The van der Waals surface area contributed by atoms with E-state index in [1.165, 1.54) is 0 Å². The first-order chi connectivity index (χ1) is 8.66. The third-order valence-corrected chi connectivity index (χ3v) is 3.10. The van der Waals surface area contributed by atoms with Gasteiger partial charge in [0.2, 0.25) is 5.60 Å². The van der Waals surface area contributed by atoms with Crippen molar-refractivity contribution >= 4 is 11.9 Å². The minimum absolute atomic E-state index is 0.450. The van der Waals surface area contributed by atoms with Gasteiger partial charge in [-0.2, -0.15) is 0 Å². The Hall–Kier alpha value is -1.10. The van der Waals surface area contributed by atoms with Gasteiger partial charge in [0.05, 0.1) is 0 Å². The first-order valence-corrected chi connectivity index (χ1v) is 6.88. The first-order valence-electron chi connectivity index (χ1n) is 6.88. The van der Waals surface area contributed by atoms with Gasteiger partial charge in [-0.05, 0) is 53.4 Å². The van der Waals surface area contributed by atoms with Crippen LogP contribution in [0.4, 0.5) is 0 Å². The van der Waals surface area contributed by atoms with Crippen LogP contribution in [0, 0.1) is 0 Å². The van der Waals surface area contributed by atoms with Crippen LogP contribution in [0.15, 0.2) is 0 Å². The smallest absolute Gasteiger partial charge is 0.351 e. The lowest BCUT2D eigenvalue weighted by Crippen LogP contribution is -2.50. The fraction of sp³-hybridized carbons (Fsp3) is 0.857. The average Bonchev–Trinajstić information content (AvgIpc) is 2.27. The maximum Gasteiger partial charge on any atom is 0.351 e. The van der Waals surface area contributed by atoms with Gasteiger partial charge in [-0.1, -0.05) is 6.42 Å². The van der Waals surface area contributed by atoms with E-state index in [-0.39, 0.29) is 0 Å². The van der Waals surface area contributed by atoms with Gasteiger partial charge in [0.25, 0.3) is 0 Å². The van der Waals surface area contributed by atoms with E-state index in [4.69, 9.17) is 15.2 Å². The van der Waals surface area contributed by atoms with Crippen molar-refractivity contribution in [3.05, 3.63) is 0 Å². The fourth-order valence-corrected chi connectivity index (χ4v) is 2.13. The highest BCUT2D eigenvalue weighted by Crippen LogP contribution is 2.34. The molecular weight excluding hydrogens is 246 g/mol. The Morgan fingerprint density at radius 1 is 1.16 bits per heavy atom. The maximum absolute atomic E-state index is 12.4. The summed E-state index contributed by atoms with van der Waals surface area (Å²) in [5.74, 6) is -0.999. The van der Waals surface area contributed by atoms with E-state index in [9.17, 15) is 9.59 Å². The van der Waals surface area contributed by atoms with Crippen molar-refractivity contribution in [3.63, 3.8) is 0 Å². The summed E-state index contributed by atoms with van der Waals surface area (Å²) < 4.78 is 10.8. The Balaban J connectivity index is 2.86. The molecule has 110 valence electrons. The minimum atomic E-state index is -1.14. The van der Waals surface area contributed by atoms with Gasteiger partial charge in [-0.15, -0.1) is 0 Å². The molecule has 5 nitrogen and oxygen atoms in total. The Bertz CT molecular complexity index is 338. The Morgan fingerprint density at radius 3 is 2.11 bits per heavy atom. The van der Waals surface area contributed by atoms with Crippen LogP contribution in [-0.2, 0) is 19.1 Å². The molecule has 1 aliphatic rings. The second-order valence-corrected chi connectivity index (χ2v) is 6.27. The maximum atomic E-state index is 12.4. The number of hydrogen-bond donors (Lipinski definition) is 1. The van der Waals surface area contributed by atoms with Crippen LogP contribution in [0.1, 0.15) is 59.8 Å². The van der Waals surface area contributed by atoms with Crippen molar-refractivity contribution in [2.75, 3.05) is 0 Å². The highest BCUT2D eigenvalue weighted by atomic mass is 16.6. The molecule has 0 aromatic carbocycles. The van der Waals surface area contributed by atoms with E-state index in [1.54, 1.807) is 27.7 Å². The molecule has 0 unspecified atom stereocenters. The van der Waals surface area contributed by atoms with E-state index in [2.05, 4.69) is 0 Å². The molecule has 1 saturated carbocycles. The largest absolute Gasteiger partial charge is 0.457 e. The predicted molar refractivity (Wildman–Crippen MR) is 71.4 cm³/mol. The number of rotatable bonds is 3. The molecule has 5 heteroatoms. The minimum Gasteiger partial charge on any atom is -0.457 e. The molecule has 1 fully saturated rings. The second-order valence-electron chi connectivity index (χ2n) is 6.27. The van der Waals surface area contributed by atoms with Crippen LogP contribution in [-0.4, -0.2) is 29.2 Å². The molecule has 0 aromatic heterocycles. The molecule has 1 rings (SSSR count). The summed E-state index contributed by atoms with van der Waals surface area (Å²) in [6, 6.07) is -0.735. The highest BCUT2D eigenvalue weighted by Gasteiger charge is 2.46. The lowest BCUT2D eigenvalue weighted by Gasteiger charge is -2.36. The molecule has 0 bridgehead atoms. The summed E-state index contributed by atoms with van der Waals surface area (Å²) in [6.07, 6.45) is 3.78. The Kier molecular flexibility index (Phi) is 4.96. The molecule has 19 heavy (non-hydrogen) atoms. The molecule has 1 atom stereocenters. The summed E-state index contributed by atoms with van der Waals surface area (Å²) in [4.78, 5) is 24.1. The van der Waals surface area contributed by atoms with Gasteiger partial charge in [0, 0.05) is 0 Å². The zero-order valence-corrected chi connectivity index (χ0v) is 12.3. The molecule has 0 radical (unpaired) electrons. The van der Waals surface area contributed by atoms with E-state index in [0.717, 1.165) is 19.3 Å². The third kappa shape index (κ3) is 4.49. The van der Waals surface area contributed by atoms with Crippen LogP contribution < -0.4 is 5.73 Å². The van der Waals surface area contributed by atoms with Crippen molar-refractivity contribution in [1.82, 2.24) is 0 Å². The van der Waals surface area contributed by atoms with Crippen LogP contribution in [0.3, 0.4) is 0 Å². The van der Waals surface area contributed by atoms with Crippen LogP contribution >= 0.6 is 0 Å². The molecular formula is C14H25NO4. The van der Waals surface area contributed by atoms with Gasteiger partial charge in [0.1, 0.15) is 11.6 Å². The van der Waals surface area contributed by atoms with Crippen molar-refractivity contribution < 1.29 is 19.1 Å². The highest BCUT2D eigenvalue weighted by molar-refractivity contribution is 5.85. The quantitative estimate of drug-likeness (QED) is 0.793. The van der Waals surface area contributed by atoms with E-state index in [1.807, 2.05) is 0 Å². The molecule has 0 aromatic rings. The van der Waals surface area contributed by atoms with E-state index >= 15 is 0 Å². The third-order valence-electron chi connectivity index (χ3n) is 3.10. The average molecular weight is 271 g/mol. The molecule has 0 aliphatic heterocycles. The number of carbonyl (C=O) groups is 2. The standard InChI is InChI=1S/C14H25NO4/c1-10(15)11(16)18-14(8-6-5-7-9-14)12(17)19-13(2,3)4/h10H,5-9,15H2,1-4H3/t10-/m0/s1. The molecule has 0 saturated heterocycles. The van der Waals surface area contributed by atoms with Gasteiger partial charge in [0.15, 0.2) is 0 Å². The summed E-state index contributed by atoms with van der Waals surface area (Å²) >= 11 is 0. The zero-order chi connectivity index (χ0) is 14.7. The monoisotopic (exact) mass is 271 g/mol. The number of esters is 2. The molecule has 0 spiro atoms. The van der Waals surface area contributed by atoms with Crippen LogP contribution in [0.2, 0.25) is 0 Å². The van der Waals surface area contributed by atoms with Gasteiger partial charge in [-0.25, -0.2) is 4.79 Å². The number of hydrogen-bond acceptors (Lipinski definition) is 5. The summed E-state index contributed by atoms with van der Waals surface area (Å²) in [5, 5.41) is 0. The van der Waals surface area contributed by atoms with Crippen molar-refractivity contribution in [1.29, 1.82) is 0 Å². The SMILES string of the molecule is C[C@H](N)C(=O)OC1(C(=O)OC(C)(C)C)CCCCC1. The van der Waals surface area contributed by atoms with E-state index < -0.39 is 29.2 Å². The predicted octanol–water partition coefficient (Wildman–Crippen LogP) is 1.92. The van der Waals surface area contributed by atoms with Crippen molar-refractivity contribution in [3.8, 4) is 0 Å². The Labute approximate surface area is 114 Å². The fourth-order valence-electron chi connectivity index (χ4n) is 2.13. The lowest BCUT2D eigenvalue weighted by molar-refractivity contribution is -0.195. The first kappa shape index (κ1) is 16.0. The molecule has 2 N–H and O–H groups in total. The topological polar surface area (TPSA) is 78.6 Å². The normalized spacial score (nSPS) is 20.5. The van der Waals surface area contributed by atoms with Gasteiger partial charge < -0.3 is 15.2 Å². The van der Waals surface area contributed by atoms with Gasteiger partial charge >= 0.3 is 11.9 Å². The molecule has 0 heterocycles. The van der Waals surface area contributed by atoms with Gasteiger partial charge in [-0.3, -0.25) is 4.79 Å². The summed E-state index contributed by atoms with van der Waals surface area (Å²) in [5.41, 5.74) is 3.78.